The Bertz CT molecular complexity index is 766. The molecule has 27 heavy (non-hydrogen) atoms. The molecule has 144 valence electrons. The summed E-state index contributed by atoms with van der Waals surface area (Å²) in [6.45, 7) is 10.9. The molecule has 0 bridgehead atoms. The maximum atomic E-state index is 12.4. The number of aryl methyl sites for hydroxylation is 1. The van der Waals surface area contributed by atoms with E-state index >= 15 is 0 Å². The molecule has 1 aliphatic rings. The van der Waals surface area contributed by atoms with Gasteiger partial charge in [-0.25, -0.2) is 0 Å². The number of pyridine rings is 1. The molecule has 1 aromatic heterocycles. The molecule has 2 aromatic rings. The lowest BCUT2D eigenvalue weighted by Crippen LogP contribution is -2.46. The van der Waals surface area contributed by atoms with Gasteiger partial charge < -0.3 is 15.1 Å². The Morgan fingerprint density at radius 2 is 1.78 bits per heavy atom. The minimum atomic E-state index is -0.0385. The number of anilines is 2. The fourth-order valence-electron chi connectivity index (χ4n) is 3.35. The lowest BCUT2D eigenvalue weighted by Gasteiger charge is -2.37. The van der Waals surface area contributed by atoms with Gasteiger partial charge in [-0.2, -0.15) is 0 Å². The summed E-state index contributed by atoms with van der Waals surface area (Å²) >= 11 is 0. The second-order valence-corrected chi connectivity index (χ2v) is 7.68. The number of carbonyl (C=O) groups is 1. The van der Waals surface area contributed by atoms with E-state index in [1.807, 2.05) is 12.3 Å². The molecule has 1 N–H and O–H groups in total. The lowest BCUT2D eigenvalue weighted by molar-refractivity contribution is 0.0951. The molecule has 5 nitrogen and oxygen atoms in total. The Morgan fingerprint density at radius 1 is 1.07 bits per heavy atom. The van der Waals surface area contributed by atoms with Gasteiger partial charge in [0.1, 0.15) is 0 Å². The second kappa shape index (κ2) is 8.89. The molecule has 2 heterocycles. The predicted molar refractivity (Wildman–Crippen MR) is 112 cm³/mol. The number of carbonyl (C=O) groups excluding carboxylic acids is 1. The first kappa shape index (κ1) is 19.2. The maximum Gasteiger partial charge on any atom is 0.252 e. The van der Waals surface area contributed by atoms with Crippen molar-refractivity contribution in [2.24, 2.45) is 5.92 Å². The molecule has 1 saturated heterocycles. The van der Waals surface area contributed by atoms with Crippen molar-refractivity contribution in [1.29, 1.82) is 0 Å². The number of amides is 1. The van der Waals surface area contributed by atoms with E-state index in [1.165, 1.54) is 11.3 Å². The minimum absolute atomic E-state index is 0.0385. The summed E-state index contributed by atoms with van der Waals surface area (Å²) < 4.78 is 0. The number of hydrogen-bond donors (Lipinski definition) is 1. The van der Waals surface area contributed by atoms with Gasteiger partial charge in [-0.05, 0) is 43.0 Å². The summed E-state index contributed by atoms with van der Waals surface area (Å²) in [7, 11) is 0. The van der Waals surface area contributed by atoms with Crippen molar-refractivity contribution in [1.82, 2.24) is 10.3 Å². The van der Waals surface area contributed by atoms with Crippen LogP contribution in [0, 0.1) is 12.8 Å². The Hall–Kier alpha value is -2.56. The van der Waals surface area contributed by atoms with Crippen LogP contribution in [0.2, 0.25) is 0 Å². The normalized spacial score (nSPS) is 14.5. The Morgan fingerprint density at radius 3 is 2.44 bits per heavy atom. The standard InChI is InChI=1S/C22H30N4O/c1-17(2)7-8-24-22(27)19-14-21(16-23-15-19)26-11-9-25(10-12-26)20-6-4-5-18(3)13-20/h4-6,13-17H,7-12H2,1-3H3,(H,24,27). The van der Waals surface area contributed by atoms with Gasteiger partial charge >= 0.3 is 0 Å². The number of piperazine rings is 1. The van der Waals surface area contributed by atoms with Crippen LogP contribution >= 0.6 is 0 Å². The first-order valence-corrected chi connectivity index (χ1v) is 9.83. The third-order valence-electron chi connectivity index (χ3n) is 5.00. The monoisotopic (exact) mass is 366 g/mol. The van der Waals surface area contributed by atoms with E-state index in [4.69, 9.17) is 0 Å². The van der Waals surface area contributed by atoms with Crippen molar-refractivity contribution in [2.75, 3.05) is 42.5 Å². The molecular formula is C22H30N4O. The van der Waals surface area contributed by atoms with Gasteiger partial charge in [0.2, 0.25) is 0 Å². The zero-order valence-electron chi connectivity index (χ0n) is 16.6. The van der Waals surface area contributed by atoms with Crippen LogP contribution in [0.15, 0.2) is 42.7 Å². The smallest absolute Gasteiger partial charge is 0.252 e. The van der Waals surface area contributed by atoms with E-state index in [0.29, 0.717) is 18.0 Å². The summed E-state index contributed by atoms with van der Waals surface area (Å²) in [5.74, 6) is 0.544. The third kappa shape index (κ3) is 5.22. The molecule has 0 spiro atoms. The second-order valence-electron chi connectivity index (χ2n) is 7.68. The summed E-state index contributed by atoms with van der Waals surface area (Å²) in [6, 6.07) is 10.6. The number of benzene rings is 1. The molecule has 0 saturated carbocycles. The fraction of sp³-hybridized carbons (Fsp3) is 0.455. The zero-order chi connectivity index (χ0) is 19.2. The van der Waals surface area contributed by atoms with Crippen LogP contribution in [0.4, 0.5) is 11.4 Å². The number of hydrogen-bond acceptors (Lipinski definition) is 4. The fourth-order valence-corrected chi connectivity index (χ4v) is 3.35. The van der Waals surface area contributed by atoms with Crippen molar-refractivity contribution in [3.05, 3.63) is 53.9 Å². The molecule has 1 fully saturated rings. The average molecular weight is 367 g/mol. The molecule has 1 aliphatic heterocycles. The SMILES string of the molecule is Cc1cccc(N2CCN(c3cncc(C(=O)NCCC(C)C)c3)CC2)c1. The van der Waals surface area contributed by atoms with E-state index in [1.54, 1.807) is 6.20 Å². The van der Waals surface area contributed by atoms with E-state index in [-0.39, 0.29) is 5.91 Å². The van der Waals surface area contributed by atoms with Gasteiger partial charge in [-0.1, -0.05) is 26.0 Å². The van der Waals surface area contributed by atoms with Gasteiger partial charge in [0.05, 0.1) is 17.4 Å². The van der Waals surface area contributed by atoms with E-state index in [0.717, 1.165) is 38.3 Å². The topological polar surface area (TPSA) is 48.5 Å². The third-order valence-corrected chi connectivity index (χ3v) is 5.00. The van der Waals surface area contributed by atoms with E-state index in [9.17, 15) is 4.79 Å². The van der Waals surface area contributed by atoms with Crippen molar-refractivity contribution in [3.8, 4) is 0 Å². The molecule has 5 heteroatoms. The molecule has 0 atom stereocenters. The van der Waals surface area contributed by atoms with Crippen molar-refractivity contribution in [2.45, 2.75) is 27.2 Å². The van der Waals surface area contributed by atoms with Crippen molar-refractivity contribution in [3.63, 3.8) is 0 Å². The molecule has 3 rings (SSSR count). The highest BCUT2D eigenvalue weighted by molar-refractivity contribution is 5.94. The highest BCUT2D eigenvalue weighted by atomic mass is 16.1. The van der Waals surface area contributed by atoms with Crippen LogP contribution in [0.5, 0.6) is 0 Å². The number of nitrogens with zero attached hydrogens (tertiary/aromatic N) is 3. The molecule has 0 unspecified atom stereocenters. The molecule has 0 aliphatic carbocycles. The summed E-state index contributed by atoms with van der Waals surface area (Å²) in [5, 5.41) is 2.99. The molecular weight excluding hydrogens is 336 g/mol. The highest BCUT2D eigenvalue weighted by Gasteiger charge is 2.19. The van der Waals surface area contributed by atoms with Crippen LogP contribution in [0.25, 0.3) is 0 Å². The summed E-state index contributed by atoms with van der Waals surface area (Å²) in [5.41, 5.74) is 4.23. The Balaban J connectivity index is 1.59. The van der Waals surface area contributed by atoms with Gasteiger partial charge in [0.25, 0.3) is 5.91 Å². The first-order chi connectivity index (χ1) is 13.0. The number of nitrogens with one attached hydrogen (secondary N) is 1. The average Bonchev–Trinajstić information content (AvgIpc) is 2.68. The van der Waals surface area contributed by atoms with Crippen LogP contribution in [0.1, 0.15) is 36.2 Å². The number of aromatic nitrogens is 1. The van der Waals surface area contributed by atoms with Gasteiger partial charge in [0, 0.05) is 44.6 Å². The lowest BCUT2D eigenvalue weighted by atomic mass is 10.1. The molecule has 0 radical (unpaired) electrons. The van der Waals surface area contributed by atoms with Crippen molar-refractivity contribution < 1.29 is 4.79 Å². The number of rotatable bonds is 6. The quantitative estimate of drug-likeness (QED) is 0.850. The predicted octanol–water partition coefficient (Wildman–Crippen LogP) is 3.49. The van der Waals surface area contributed by atoms with Gasteiger partial charge in [0.15, 0.2) is 0 Å². The van der Waals surface area contributed by atoms with Crippen LogP contribution in [-0.4, -0.2) is 43.6 Å². The van der Waals surface area contributed by atoms with Crippen molar-refractivity contribution >= 4 is 17.3 Å². The Labute approximate surface area is 162 Å². The highest BCUT2D eigenvalue weighted by Crippen LogP contribution is 2.21. The summed E-state index contributed by atoms with van der Waals surface area (Å²) in [6.07, 6.45) is 4.49. The van der Waals surface area contributed by atoms with Gasteiger partial charge in [-0.15, -0.1) is 0 Å². The Kier molecular flexibility index (Phi) is 6.32. The van der Waals surface area contributed by atoms with Crippen LogP contribution < -0.4 is 15.1 Å². The first-order valence-electron chi connectivity index (χ1n) is 9.83. The van der Waals surface area contributed by atoms with E-state index in [2.05, 4.69) is 65.1 Å². The minimum Gasteiger partial charge on any atom is -0.368 e. The summed E-state index contributed by atoms with van der Waals surface area (Å²) in [4.78, 5) is 21.4. The molecule has 1 amide bonds. The van der Waals surface area contributed by atoms with E-state index < -0.39 is 0 Å². The van der Waals surface area contributed by atoms with Crippen LogP contribution in [0.3, 0.4) is 0 Å². The van der Waals surface area contributed by atoms with Gasteiger partial charge in [-0.3, -0.25) is 9.78 Å². The zero-order valence-corrected chi connectivity index (χ0v) is 16.6. The van der Waals surface area contributed by atoms with Crippen LogP contribution in [-0.2, 0) is 0 Å². The largest absolute Gasteiger partial charge is 0.368 e. The molecule has 1 aromatic carbocycles. The maximum absolute atomic E-state index is 12.4.